The van der Waals surface area contributed by atoms with Gasteiger partial charge in [-0.2, -0.15) is 0 Å². The molecule has 1 amide bonds. The average molecular weight is 531 g/mol. The number of hydrogen-bond donors (Lipinski definition) is 1. The Morgan fingerprint density at radius 2 is 1.76 bits per heavy atom. The lowest BCUT2D eigenvalue weighted by Gasteiger charge is -2.25. The van der Waals surface area contributed by atoms with E-state index in [-0.39, 0.29) is 27.6 Å². The maximum atomic E-state index is 13.5. The molecule has 0 saturated heterocycles. The van der Waals surface area contributed by atoms with Gasteiger partial charge in [0.2, 0.25) is 0 Å². The molecule has 0 bridgehead atoms. The smallest absolute Gasteiger partial charge is 0.350 e. The largest absolute Gasteiger partial charge is 0.503 e. The van der Waals surface area contributed by atoms with Crippen LogP contribution in [0.4, 0.5) is 5.13 Å². The number of aromatic nitrogens is 1. The van der Waals surface area contributed by atoms with E-state index in [0.29, 0.717) is 11.3 Å². The number of ether oxygens (including phenoxy) is 1. The van der Waals surface area contributed by atoms with Crippen molar-refractivity contribution in [1.82, 2.24) is 4.98 Å². The molecule has 2 aromatic carbocycles. The Morgan fingerprint density at radius 1 is 1.11 bits per heavy atom. The Labute approximate surface area is 226 Å². The molecule has 7 nitrogen and oxygen atoms in total. The van der Waals surface area contributed by atoms with Crippen LogP contribution in [0.1, 0.15) is 65.8 Å². The third-order valence-corrected chi connectivity index (χ3v) is 7.38. The number of esters is 1. The first-order valence-electron chi connectivity index (χ1n) is 12.3. The SMILES string of the molecule is CCOC(=O)c1sc(N2C(=O)C(O)=C(C(=O)/C=C/c3ccccc3)C2c2ccc(C(C)(C)C)cc2)nc1C. The fraction of sp³-hybridized carbons (Fsp3) is 0.267. The molecule has 196 valence electrons. The third kappa shape index (κ3) is 5.31. The van der Waals surface area contributed by atoms with Gasteiger partial charge in [-0.15, -0.1) is 0 Å². The second-order valence-corrected chi connectivity index (χ2v) is 10.9. The van der Waals surface area contributed by atoms with Crippen molar-refractivity contribution in [3.8, 4) is 0 Å². The molecule has 8 heteroatoms. The van der Waals surface area contributed by atoms with Gasteiger partial charge in [0.05, 0.1) is 23.9 Å². The van der Waals surface area contributed by atoms with Crippen molar-refractivity contribution in [2.45, 2.75) is 46.1 Å². The van der Waals surface area contributed by atoms with Gasteiger partial charge >= 0.3 is 5.97 Å². The fourth-order valence-corrected chi connectivity index (χ4v) is 5.22. The van der Waals surface area contributed by atoms with Crippen molar-refractivity contribution in [3.63, 3.8) is 0 Å². The maximum absolute atomic E-state index is 13.5. The molecule has 0 spiro atoms. The molecule has 2 heterocycles. The molecular weight excluding hydrogens is 500 g/mol. The van der Waals surface area contributed by atoms with Crippen LogP contribution >= 0.6 is 11.3 Å². The van der Waals surface area contributed by atoms with Crippen LogP contribution in [-0.2, 0) is 19.7 Å². The second kappa shape index (κ2) is 10.8. The molecule has 1 atom stereocenters. The van der Waals surface area contributed by atoms with E-state index in [9.17, 15) is 19.5 Å². The van der Waals surface area contributed by atoms with E-state index < -0.39 is 29.5 Å². The van der Waals surface area contributed by atoms with Gasteiger partial charge in [-0.1, -0.05) is 92.8 Å². The summed E-state index contributed by atoms with van der Waals surface area (Å²) in [5.74, 6) is -2.42. The average Bonchev–Trinajstić information content (AvgIpc) is 3.39. The van der Waals surface area contributed by atoms with Gasteiger partial charge in [-0.3, -0.25) is 14.5 Å². The Kier molecular flexibility index (Phi) is 7.64. The number of carbonyl (C=O) groups excluding carboxylic acids is 3. The van der Waals surface area contributed by atoms with Crippen LogP contribution in [0.15, 0.2) is 72.0 Å². The van der Waals surface area contributed by atoms with E-state index in [1.165, 1.54) is 11.0 Å². The summed E-state index contributed by atoms with van der Waals surface area (Å²) in [6.07, 6.45) is 2.99. The summed E-state index contributed by atoms with van der Waals surface area (Å²) >= 11 is 0.993. The third-order valence-electron chi connectivity index (χ3n) is 6.24. The van der Waals surface area contributed by atoms with Gasteiger partial charge in [0, 0.05) is 0 Å². The number of aliphatic hydroxyl groups is 1. The number of carbonyl (C=O) groups is 3. The summed E-state index contributed by atoms with van der Waals surface area (Å²) in [5.41, 5.74) is 2.79. The summed E-state index contributed by atoms with van der Waals surface area (Å²) in [6.45, 7) is 9.85. The molecule has 0 fully saturated rings. The number of benzene rings is 2. The molecule has 1 aromatic heterocycles. The number of thiazole rings is 1. The van der Waals surface area contributed by atoms with Crippen LogP contribution in [0.25, 0.3) is 6.08 Å². The van der Waals surface area contributed by atoms with Crippen molar-refractivity contribution in [2.24, 2.45) is 0 Å². The molecule has 1 aliphatic heterocycles. The highest BCUT2D eigenvalue weighted by molar-refractivity contribution is 7.17. The Morgan fingerprint density at radius 3 is 2.37 bits per heavy atom. The number of ketones is 1. The minimum absolute atomic E-state index is 0.0452. The number of aliphatic hydroxyl groups excluding tert-OH is 1. The van der Waals surface area contributed by atoms with Gasteiger partial charge in [-0.05, 0) is 42.0 Å². The second-order valence-electron chi connectivity index (χ2n) is 9.95. The summed E-state index contributed by atoms with van der Waals surface area (Å²) in [5, 5.41) is 11.2. The number of allylic oxidation sites excluding steroid dienone is 1. The number of nitrogens with zero attached hydrogens (tertiary/aromatic N) is 2. The van der Waals surface area contributed by atoms with E-state index >= 15 is 0 Å². The van der Waals surface area contributed by atoms with Gasteiger partial charge in [0.1, 0.15) is 4.88 Å². The van der Waals surface area contributed by atoms with Gasteiger partial charge in [-0.25, -0.2) is 9.78 Å². The molecule has 0 aliphatic carbocycles. The van der Waals surface area contributed by atoms with Crippen molar-refractivity contribution in [1.29, 1.82) is 0 Å². The standard InChI is InChI=1S/C30H30N2O5S/c1-6-37-28(36)26-18(2)31-29(38-26)32-24(20-13-15-21(16-14-20)30(3,4)5)23(25(34)27(32)35)22(33)17-12-19-10-8-7-9-11-19/h7-17,24,34H,6H2,1-5H3/b17-12+. The first-order chi connectivity index (χ1) is 18.0. The fourth-order valence-electron chi connectivity index (χ4n) is 4.23. The van der Waals surface area contributed by atoms with Crippen LogP contribution in [-0.4, -0.2) is 34.4 Å². The van der Waals surface area contributed by atoms with Crippen LogP contribution in [0.3, 0.4) is 0 Å². The molecule has 1 N–H and O–H groups in total. The molecule has 3 aromatic rings. The minimum Gasteiger partial charge on any atom is -0.503 e. The van der Waals surface area contributed by atoms with Gasteiger partial charge < -0.3 is 9.84 Å². The van der Waals surface area contributed by atoms with Crippen LogP contribution in [0, 0.1) is 6.92 Å². The summed E-state index contributed by atoms with van der Waals surface area (Å²) < 4.78 is 5.13. The lowest BCUT2D eigenvalue weighted by atomic mass is 9.85. The lowest BCUT2D eigenvalue weighted by Crippen LogP contribution is -2.31. The van der Waals surface area contributed by atoms with Gasteiger partial charge in [0.25, 0.3) is 5.91 Å². The van der Waals surface area contributed by atoms with Crippen molar-refractivity contribution in [2.75, 3.05) is 11.5 Å². The highest BCUT2D eigenvalue weighted by Crippen LogP contribution is 2.43. The quantitative estimate of drug-likeness (QED) is 0.293. The molecule has 4 rings (SSSR count). The predicted molar refractivity (Wildman–Crippen MR) is 148 cm³/mol. The predicted octanol–water partition coefficient (Wildman–Crippen LogP) is 6.11. The zero-order valence-corrected chi connectivity index (χ0v) is 22.8. The number of amides is 1. The Balaban J connectivity index is 1.80. The zero-order valence-electron chi connectivity index (χ0n) is 22.0. The van der Waals surface area contributed by atoms with Crippen LogP contribution < -0.4 is 4.90 Å². The number of hydrogen-bond acceptors (Lipinski definition) is 7. The van der Waals surface area contributed by atoms with Crippen molar-refractivity contribution in [3.05, 3.63) is 99.3 Å². The van der Waals surface area contributed by atoms with Gasteiger partial charge in [0.15, 0.2) is 16.7 Å². The zero-order chi connectivity index (χ0) is 27.6. The topological polar surface area (TPSA) is 96.8 Å². The lowest BCUT2D eigenvalue weighted by molar-refractivity contribution is -0.117. The molecule has 1 unspecified atom stereocenters. The number of aryl methyl sites for hydroxylation is 1. The van der Waals surface area contributed by atoms with E-state index in [1.807, 2.05) is 54.6 Å². The molecule has 1 aliphatic rings. The van der Waals surface area contributed by atoms with E-state index in [0.717, 1.165) is 22.5 Å². The van der Waals surface area contributed by atoms with Crippen LogP contribution in [0.2, 0.25) is 0 Å². The number of anilines is 1. The number of rotatable bonds is 7. The monoisotopic (exact) mass is 530 g/mol. The van der Waals surface area contributed by atoms with E-state index in [2.05, 4.69) is 25.8 Å². The van der Waals surface area contributed by atoms with Crippen molar-refractivity contribution >= 4 is 40.2 Å². The molecule has 38 heavy (non-hydrogen) atoms. The summed E-state index contributed by atoms with van der Waals surface area (Å²) in [7, 11) is 0. The van der Waals surface area contributed by atoms with Crippen LogP contribution in [0.5, 0.6) is 0 Å². The van der Waals surface area contributed by atoms with E-state index in [1.54, 1.807) is 19.9 Å². The Bertz CT molecular complexity index is 1430. The molecular formula is C30H30N2O5S. The Hall–Kier alpha value is -4.04. The normalized spacial score (nSPS) is 16.0. The van der Waals surface area contributed by atoms with E-state index in [4.69, 9.17) is 4.74 Å². The first-order valence-corrected chi connectivity index (χ1v) is 13.1. The molecule has 0 radical (unpaired) electrons. The first kappa shape index (κ1) is 27.0. The highest BCUT2D eigenvalue weighted by Gasteiger charge is 2.45. The minimum atomic E-state index is -0.926. The summed E-state index contributed by atoms with van der Waals surface area (Å²) in [4.78, 5) is 45.3. The highest BCUT2D eigenvalue weighted by atomic mass is 32.1. The van der Waals surface area contributed by atoms with Crippen molar-refractivity contribution < 1.29 is 24.2 Å². The summed E-state index contributed by atoms with van der Waals surface area (Å²) in [6, 6.07) is 16.0. The molecule has 0 saturated carbocycles. The maximum Gasteiger partial charge on any atom is 0.350 e.